The van der Waals surface area contributed by atoms with Crippen LogP contribution in [0.3, 0.4) is 0 Å². The van der Waals surface area contributed by atoms with Gasteiger partial charge in [0.25, 0.3) is 0 Å². The Hall–Kier alpha value is -1.86. The van der Waals surface area contributed by atoms with Gasteiger partial charge >= 0.3 is 0 Å². The zero-order valence-electron chi connectivity index (χ0n) is 14.2. The van der Waals surface area contributed by atoms with Crippen molar-refractivity contribution in [2.75, 3.05) is 0 Å². The summed E-state index contributed by atoms with van der Waals surface area (Å²) in [6.45, 7) is 0. The van der Waals surface area contributed by atoms with Crippen LogP contribution >= 0.6 is 54.5 Å². The maximum Gasteiger partial charge on any atom is 0.0909 e. The number of halogens is 2. The highest BCUT2D eigenvalue weighted by Gasteiger charge is 2.31. The molecule has 0 radical (unpaired) electrons. The molecule has 0 fully saturated rings. The van der Waals surface area contributed by atoms with Crippen molar-refractivity contribution in [2.24, 2.45) is 9.98 Å². The van der Waals surface area contributed by atoms with E-state index in [4.69, 9.17) is 9.98 Å². The predicted molar refractivity (Wildman–Crippen MR) is 128 cm³/mol. The number of aliphatic imine (C=N–C) groups is 2. The van der Waals surface area contributed by atoms with Gasteiger partial charge in [0.05, 0.1) is 21.2 Å². The van der Waals surface area contributed by atoms with Gasteiger partial charge in [-0.25, -0.2) is 0 Å². The summed E-state index contributed by atoms with van der Waals surface area (Å²) in [5.74, 6) is 0. The summed E-state index contributed by atoms with van der Waals surface area (Å²) in [5.41, 5.74) is 4.20. The van der Waals surface area contributed by atoms with E-state index in [0.29, 0.717) is 0 Å². The average molecular weight is 526 g/mol. The number of fused-ring (bicyclic) bond motifs is 3. The molecular formula is C22H10Br2N2S2. The summed E-state index contributed by atoms with van der Waals surface area (Å²) in [7, 11) is 0. The normalized spacial score (nSPS) is 15.6. The van der Waals surface area contributed by atoms with Gasteiger partial charge in [-0.3, -0.25) is 9.98 Å². The summed E-state index contributed by atoms with van der Waals surface area (Å²) >= 11 is 11.1. The van der Waals surface area contributed by atoms with E-state index in [9.17, 15) is 0 Å². The molecule has 4 heterocycles. The number of allylic oxidation sites excluding steroid dienone is 2. The van der Waals surface area contributed by atoms with E-state index < -0.39 is 0 Å². The second-order valence-corrected chi connectivity index (χ2v) is 10.2. The van der Waals surface area contributed by atoms with Gasteiger partial charge in [0, 0.05) is 52.7 Å². The Bertz CT molecular complexity index is 1320. The van der Waals surface area contributed by atoms with Crippen LogP contribution in [0, 0.1) is 0 Å². The Morgan fingerprint density at radius 2 is 1.04 bits per heavy atom. The van der Waals surface area contributed by atoms with E-state index in [1.807, 2.05) is 12.4 Å². The second kappa shape index (κ2) is 6.32. The first kappa shape index (κ1) is 17.0. The molecule has 134 valence electrons. The number of hydrogen-bond acceptors (Lipinski definition) is 4. The van der Waals surface area contributed by atoms with Crippen molar-refractivity contribution in [2.45, 2.75) is 0 Å². The fourth-order valence-electron chi connectivity index (χ4n) is 3.61. The highest BCUT2D eigenvalue weighted by Crippen LogP contribution is 2.43. The van der Waals surface area contributed by atoms with Crippen LogP contribution < -0.4 is 0 Å². The number of benzene rings is 2. The minimum absolute atomic E-state index is 0.999. The number of hydrogen-bond donors (Lipinski definition) is 0. The Morgan fingerprint density at radius 1 is 0.607 bits per heavy atom. The van der Waals surface area contributed by atoms with E-state index in [-0.39, 0.29) is 0 Å². The van der Waals surface area contributed by atoms with Gasteiger partial charge in [-0.05, 0) is 44.0 Å². The van der Waals surface area contributed by atoms with Crippen LogP contribution in [-0.4, -0.2) is 11.4 Å². The van der Waals surface area contributed by atoms with Crippen LogP contribution in [-0.2, 0) is 0 Å². The summed E-state index contributed by atoms with van der Waals surface area (Å²) in [5, 5.41) is 2.45. The van der Waals surface area contributed by atoms with Crippen molar-refractivity contribution in [3.63, 3.8) is 0 Å². The summed E-state index contributed by atoms with van der Waals surface area (Å²) in [6, 6.07) is 16.9. The van der Waals surface area contributed by atoms with Crippen molar-refractivity contribution in [1.82, 2.24) is 0 Å². The fourth-order valence-corrected chi connectivity index (χ4v) is 7.63. The smallest absolute Gasteiger partial charge is 0.0909 e. The van der Waals surface area contributed by atoms with E-state index in [2.05, 4.69) is 80.4 Å². The van der Waals surface area contributed by atoms with Crippen molar-refractivity contribution < 1.29 is 0 Å². The van der Waals surface area contributed by atoms with Crippen molar-refractivity contribution in [3.05, 3.63) is 90.8 Å². The number of rotatable bonds is 2. The summed E-state index contributed by atoms with van der Waals surface area (Å²) < 4.78 is 4.73. The molecule has 2 aromatic carbocycles. The largest absolute Gasteiger partial charge is 0.254 e. The van der Waals surface area contributed by atoms with Crippen molar-refractivity contribution in [1.29, 1.82) is 0 Å². The zero-order chi connectivity index (χ0) is 18.8. The van der Waals surface area contributed by atoms with Crippen LogP contribution in [0.15, 0.2) is 91.0 Å². The Labute approximate surface area is 185 Å². The molecule has 2 aliphatic heterocycles. The molecular weight excluding hydrogens is 516 g/mol. The molecule has 4 aromatic rings. The lowest BCUT2D eigenvalue weighted by Gasteiger charge is -2.04. The standard InChI is InChI=1S/C22H10Br2N2S2/c23-17-11-5-1-3-7-15(11)27-21(17)19-13-9-26-20(14(13)10-25-19)22-18(24)12-6-2-4-8-16(12)28-22/h1-10H. The Balaban J connectivity index is 1.41. The van der Waals surface area contributed by atoms with Crippen molar-refractivity contribution >= 4 is 86.1 Å². The molecule has 2 aromatic heterocycles. The zero-order valence-corrected chi connectivity index (χ0v) is 19.0. The minimum atomic E-state index is 0.999. The first-order chi connectivity index (χ1) is 13.7. The van der Waals surface area contributed by atoms with Crippen LogP contribution in [0.4, 0.5) is 0 Å². The minimum Gasteiger partial charge on any atom is -0.254 e. The van der Waals surface area contributed by atoms with Crippen LogP contribution in [0.5, 0.6) is 0 Å². The first-order valence-electron chi connectivity index (χ1n) is 8.64. The molecule has 0 atom stereocenters. The highest BCUT2D eigenvalue weighted by molar-refractivity contribution is 9.11. The molecule has 6 rings (SSSR count). The van der Waals surface area contributed by atoms with E-state index in [0.717, 1.165) is 41.3 Å². The number of thiophene rings is 2. The quantitative estimate of drug-likeness (QED) is 0.256. The van der Waals surface area contributed by atoms with Gasteiger partial charge in [-0.2, -0.15) is 0 Å². The monoisotopic (exact) mass is 524 g/mol. The Kier molecular flexibility index (Phi) is 3.85. The molecule has 6 heteroatoms. The average Bonchev–Trinajstić information content (AvgIpc) is 3.46. The van der Waals surface area contributed by atoms with E-state index in [1.54, 1.807) is 22.7 Å². The van der Waals surface area contributed by atoms with Gasteiger partial charge in [0.2, 0.25) is 0 Å². The molecule has 0 bridgehead atoms. The lowest BCUT2D eigenvalue weighted by atomic mass is 10.0. The van der Waals surface area contributed by atoms with E-state index >= 15 is 0 Å². The van der Waals surface area contributed by atoms with Crippen LogP contribution in [0.2, 0.25) is 0 Å². The lowest BCUT2D eigenvalue weighted by molar-refractivity contribution is 1.56. The predicted octanol–water partition coefficient (Wildman–Crippen LogP) is 7.71. The molecule has 0 aliphatic carbocycles. The first-order valence-corrected chi connectivity index (χ1v) is 11.9. The number of nitrogens with zero attached hydrogens (tertiary/aromatic N) is 2. The van der Waals surface area contributed by atoms with Gasteiger partial charge in [0.15, 0.2) is 0 Å². The topological polar surface area (TPSA) is 24.7 Å². The highest BCUT2D eigenvalue weighted by atomic mass is 79.9. The third-order valence-electron chi connectivity index (χ3n) is 4.95. The third-order valence-corrected chi connectivity index (χ3v) is 9.47. The molecule has 0 unspecified atom stereocenters. The molecule has 2 aliphatic rings. The van der Waals surface area contributed by atoms with E-state index in [1.165, 1.54) is 20.2 Å². The molecule has 2 nitrogen and oxygen atoms in total. The fraction of sp³-hybridized carbons (Fsp3) is 0. The molecule has 0 spiro atoms. The second-order valence-electron chi connectivity index (χ2n) is 6.52. The van der Waals surface area contributed by atoms with Gasteiger partial charge in [-0.15, -0.1) is 22.7 Å². The van der Waals surface area contributed by atoms with Crippen molar-refractivity contribution in [3.8, 4) is 0 Å². The molecule has 0 saturated heterocycles. The third kappa shape index (κ3) is 2.35. The van der Waals surface area contributed by atoms with Gasteiger partial charge in [-0.1, -0.05) is 36.4 Å². The maximum absolute atomic E-state index is 4.78. The summed E-state index contributed by atoms with van der Waals surface area (Å²) in [6.07, 6.45) is 3.92. The maximum atomic E-state index is 4.78. The molecule has 28 heavy (non-hydrogen) atoms. The Morgan fingerprint density at radius 3 is 1.46 bits per heavy atom. The van der Waals surface area contributed by atoms with Gasteiger partial charge in [0.1, 0.15) is 0 Å². The SMILES string of the molecule is Brc1c(C2=NC=C3C2=CN=C3c2sc3ccccc3c2Br)sc2ccccc12. The lowest BCUT2D eigenvalue weighted by Crippen LogP contribution is -2.05. The molecule has 0 N–H and O–H groups in total. The molecule has 0 saturated carbocycles. The van der Waals surface area contributed by atoms with Crippen LogP contribution in [0.25, 0.3) is 20.2 Å². The molecule has 0 amide bonds. The van der Waals surface area contributed by atoms with Gasteiger partial charge < -0.3 is 0 Å². The van der Waals surface area contributed by atoms with Crippen LogP contribution in [0.1, 0.15) is 9.75 Å². The summed E-state index contributed by atoms with van der Waals surface area (Å²) in [4.78, 5) is 11.9.